The van der Waals surface area contributed by atoms with Crippen molar-refractivity contribution in [3.8, 4) is 23.0 Å². The maximum Gasteiger partial charge on any atom is 0.264 e. The lowest BCUT2D eigenvalue weighted by atomic mass is 10.2. The van der Waals surface area contributed by atoms with Crippen LogP contribution in [0.15, 0.2) is 63.3 Å². The van der Waals surface area contributed by atoms with Gasteiger partial charge in [-0.3, -0.25) is 14.9 Å². The first-order chi connectivity index (χ1) is 15.0. The predicted molar refractivity (Wildman–Crippen MR) is 117 cm³/mol. The van der Waals surface area contributed by atoms with Crippen LogP contribution < -0.4 is 25.0 Å². The molecule has 8 nitrogen and oxygen atoms in total. The lowest BCUT2D eigenvalue weighted by Gasteiger charge is -2.12. The van der Waals surface area contributed by atoms with Crippen LogP contribution in [-0.2, 0) is 4.79 Å². The lowest BCUT2D eigenvalue weighted by Crippen LogP contribution is -2.20. The summed E-state index contributed by atoms with van der Waals surface area (Å²) in [6, 6.07) is 11.8. The fraction of sp³-hybridized carbons (Fsp3) is 0.136. The number of thiazole rings is 1. The van der Waals surface area contributed by atoms with Gasteiger partial charge in [0, 0.05) is 17.6 Å². The van der Waals surface area contributed by atoms with Crippen LogP contribution in [0.3, 0.4) is 0 Å². The number of para-hydroxylation sites is 2. The van der Waals surface area contributed by atoms with E-state index in [0.717, 1.165) is 0 Å². The molecule has 1 N–H and O–H groups in total. The molecule has 0 fully saturated rings. The number of fused-ring (bicyclic) bond motifs is 1. The van der Waals surface area contributed by atoms with Gasteiger partial charge in [-0.25, -0.2) is 4.98 Å². The molecule has 0 saturated carbocycles. The SMILES string of the molecule is COc1ccccc1Oc1c(C)oc2cc(OCC(=O)Nc3nccs3)ccc2c1=O. The zero-order chi connectivity index (χ0) is 21.8. The number of rotatable bonds is 7. The molecule has 158 valence electrons. The van der Waals surface area contributed by atoms with Crippen molar-refractivity contribution in [3.63, 3.8) is 0 Å². The number of nitrogens with zero attached hydrogens (tertiary/aromatic N) is 1. The van der Waals surface area contributed by atoms with E-state index in [1.54, 1.807) is 61.0 Å². The number of aromatic nitrogens is 1. The van der Waals surface area contributed by atoms with Crippen molar-refractivity contribution in [2.75, 3.05) is 19.0 Å². The number of carbonyl (C=O) groups is 1. The molecule has 2 aromatic heterocycles. The third-order valence-corrected chi connectivity index (χ3v) is 5.00. The summed E-state index contributed by atoms with van der Waals surface area (Å²) in [7, 11) is 1.52. The van der Waals surface area contributed by atoms with Gasteiger partial charge in [0.05, 0.1) is 12.5 Å². The molecule has 0 atom stereocenters. The first kappa shape index (κ1) is 20.4. The third kappa shape index (κ3) is 4.51. The summed E-state index contributed by atoms with van der Waals surface area (Å²) in [4.78, 5) is 28.9. The van der Waals surface area contributed by atoms with Crippen LogP contribution in [0, 0.1) is 6.92 Å². The highest BCUT2D eigenvalue weighted by Gasteiger charge is 2.16. The van der Waals surface area contributed by atoms with E-state index in [-0.39, 0.29) is 23.7 Å². The molecule has 0 saturated heterocycles. The van der Waals surface area contributed by atoms with Crippen molar-refractivity contribution in [2.45, 2.75) is 6.92 Å². The van der Waals surface area contributed by atoms with E-state index in [0.29, 0.717) is 39.1 Å². The zero-order valence-corrected chi connectivity index (χ0v) is 17.5. The van der Waals surface area contributed by atoms with E-state index in [4.69, 9.17) is 18.6 Å². The number of methoxy groups -OCH3 is 1. The van der Waals surface area contributed by atoms with Crippen molar-refractivity contribution in [3.05, 3.63) is 70.0 Å². The average Bonchev–Trinajstić information content (AvgIpc) is 3.28. The normalized spacial score (nSPS) is 10.6. The number of anilines is 1. The Labute approximate surface area is 181 Å². The molecule has 0 spiro atoms. The van der Waals surface area contributed by atoms with Gasteiger partial charge in [0.2, 0.25) is 11.2 Å². The first-order valence-corrected chi connectivity index (χ1v) is 10.1. The summed E-state index contributed by atoms with van der Waals surface area (Å²) in [5, 5.41) is 5.22. The summed E-state index contributed by atoms with van der Waals surface area (Å²) in [6.07, 6.45) is 1.60. The van der Waals surface area contributed by atoms with E-state index in [1.807, 2.05) is 0 Å². The Morgan fingerprint density at radius 1 is 1.19 bits per heavy atom. The second-order valence-corrected chi connectivity index (χ2v) is 7.30. The maximum absolute atomic E-state index is 13.0. The van der Waals surface area contributed by atoms with Gasteiger partial charge in [0.1, 0.15) is 17.1 Å². The predicted octanol–water partition coefficient (Wildman–Crippen LogP) is 4.38. The van der Waals surface area contributed by atoms with Crippen molar-refractivity contribution in [1.29, 1.82) is 0 Å². The van der Waals surface area contributed by atoms with E-state index in [1.165, 1.54) is 18.4 Å². The fourth-order valence-electron chi connectivity index (χ4n) is 2.88. The van der Waals surface area contributed by atoms with Gasteiger partial charge >= 0.3 is 0 Å². The largest absolute Gasteiger partial charge is 0.493 e. The number of aryl methyl sites for hydroxylation is 1. The number of carbonyl (C=O) groups excluding carboxylic acids is 1. The summed E-state index contributed by atoms with van der Waals surface area (Å²) in [6.45, 7) is 1.43. The standard InChI is InChI=1S/C22H18N2O6S/c1-13-21(30-17-6-4-3-5-16(17)27-2)20(26)15-8-7-14(11-18(15)29-13)28-12-19(25)24-22-23-9-10-31-22/h3-11H,12H2,1-2H3,(H,23,24,25). The Hall–Kier alpha value is -3.85. The van der Waals surface area contributed by atoms with Crippen molar-refractivity contribution in [2.24, 2.45) is 0 Å². The number of hydrogen-bond donors (Lipinski definition) is 1. The number of amides is 1. The van der Waals surface area contributed by atoms with Crippen LogP contribution in [0.25, 0.3) is 11.0 Å². The number of hydrogen-bond acceptors (Lipinski definition) is 8. The Kier molecular flexibility index (Phi) is 5.85. The lowest BCUT2D eigenvalue weighted by molar-refractivity contribution is -0.118. The van der Waals surface area contributed by atoms with Gasteiger partial charge in [0.15, 0.2) is 23.2 Å². The minimum Gasteiger partial charge on any atom is -0.493 e. The maximum atomic E-state index is 13.0. The molecule has 2 aromatic carbocycles. The third-order valence-electron chi connectivity index (χ3n) is 4.32. The van der Waals surface area contributed by atoms with Crippen LogP contribution in [0.4, 0.5) is 5.13 Å². The number of ether oxygens (including phenoxy) is 3. The molecule has 9 heteroatoms. The van der Waals surface area contributed by atoms with Crippen molar-refractivity contribution >= 4 is 33.3 Å². The zero-order valence-electron chi connectivity index (χ0n) is 16.7. The topological polar surface area (TPSA) is 99.9 Å². The molecule has 2 heterocycles. The minimum atomic E-state index is -0.340. The van der Waals surface area contributed by atoms with Gasteiger partial charge in [0.25, 0.3) is 5.91 Å². The molecule has 31 heavy (non-hydrogen) atoms. The molecule has 0 aliphatic carbocycles. The Balaban J connectivity index is 1.55. The second-order valence-electron chi connectivity index (χ2n) is 6.40. The monoisotopic (exact) mass is 438 g/mol. The van der Waals surface area contributed by atoms with Crippen LogP contribution in [0.2, 0.25) is 0 Å². The molecule has 0 aliphatic heterocycles. The van der Waals surface area contributed by atoms with Crippen LogP contribution in [0.5, 0.6) is 23.0 Å². The molecule has 4 rings (SSSR count). The summed E-state index contributed by atoms with van der Waals surface area (Å²) in [5.41, 5.74) is 0.00503. The molecular formula is C22H18N2O6S. The summed E-state index contributed by atoms with van der Waals surface area (Å²) >= 11 is 1.31. The first-order valence-electron chi connectivity index (χ1n) is 9.25. The molecule has 0 aliphatic rings. The van der Waals surface area contributed by atoms with E-state index >= 15 is 0 Å². The van der Waals surface area contributed by atoms with Gasteiger partial charge in [-0.15, -0.1) is 11.3 Å². The van der Waals surface area contributed by atoms with E-state index in [2.05, 4.69) is 10.3 Å². The Bertz CT molecular complexity index is 1280. The van der Waals surface area contributed by atoms with Crippen LogP contribution >= 0.6 is 11.3 Å². The second kappa shape index (κ2) is 8.88. The van der Waals surface area contributed by atoms with Gasteiger partial charge in [-0.1, -0.05) is 12.1 Å². The summed E-state index contributed by atoms with van der Waals surface area (Å²) < 4.78 is 22.4. The van der Waals surface area contributed by atoms with Gasteiger partial charge in [-0.2, -0.15) is 0 Å². The Morgan fingerprint density at radius 3 is 2.74 bits per heavy atom. The van der Waals surface area contributed by atoms with Crippen LogP contribution in [-0.4, -0.2) is 24.6 Å². The number of benzene rings is 2. The smallest absolute Gasteiger partial charge is 0.264 e. The van der Waals surface area contributed by atoms with Crippen LogP contribution in [0.1, 0.15) is 5.76 Å². The van der Waals surface area contributed by atoms with Crippen molar-refractivity contribution in [1.82, 2.24) is 4.98 Å². The highest BCUT2D eigenvalue weighted by Crippen LogP contribution is 2.32. The Morgan fingerprint density at radius 2 is 2.00 bits per heavy atom. The minimum absolute atomic E-state index is 0.0773. The van der Waals surface area contributed by atoms with Crippen molar-refractivity contribution < 1.29 is 23.4 Å². The quantitative estimate of drug-likeness (QED) is 0.457. The average molecular weight is 438 g/mol. The molecule has 4 aromatic rings. The molecule has 0 bridgehead atoms. The van der Waals surface area contributed by atoms with E-state index in [9.17, 15) is 9.59 Å². The van der Waals surface area contributed by atoms with Gasteiger partial charge in [-0.05, 0) is 31.2 Å². The highest BCUT2D eigenvalue weighted by atomic mass is 32.1. The van der Waals surface area contributed by atoms with Gasteiger partial charge < -0.3 is 18.6 Å². The molecule has 0 radical (unpaired) electrons. The fourth-order valence-corrected chi connectivity index (χ4v) is 3.42. The molecule has 0 unspecified atom stereocenters. The summed E-state index contributed by atoms with van der Waals surface area (Å²) in [5.74, 6) is 1.35. The molecule has 1 amide bonds. The highest BCUT2D eigenvalue weighted by molar-refractivity contribution is 7.13. The van der Waals surface area contributed by atoms with E-state index < -0.39 is 0 Å². The molecular weight excluding hydrogens is 420 g/mol. The number of nitrogens with one attached hydrogen (secondary N) is 1.